The van der Waals surface area contributed by atoms with Crippen molar-refractivity contribution in [3.8, 4) is 5.69 Å². The topological polar surface area (TPSA) is 43.6 Å². The number of hydrogen-bond acceptors (Lipinski definition) is 4. The van der Waals surface area contributed by atoms with E-state index in [4.69, 9.17) is 0 Å². The van der Waals surface area contributed by atoms with Gasteiger partial charge in [-0.2, -0.15) is 4.68 Å². The lowest BCUT2D eigenvalue weighted by molar-refractivity contribution is 0.777. The Morgan fingerprint density at radius 3 is 2.48 bits per heavy atom. The molecule has 0 saturated heterocycles. The summed E-state index contributed by atoms with van der Waals surface area (Å²) in [6.45, 7) is 0. The van der Waals surface area contributed by atoms with E-state index in [0.29, 0.717) is 0 Å². The van der Waals surface area contributed by atoms with Crippen molar-refractivity contribution >= 4 is 27.7 Å². The third kappa shape index (κ3) is 3.71. The van der Waals surface area contributed by atoms with Gasteiger partial charge in [-0.1, -0.05) is 46.3 Å². The van der Waals surface area contributed by atoms with Crippen LogP contribution in [0.3, 0.4) is 0 Å². The quantitative estimate of drug-likeness (QED) is 0.692. The summed E-state index contributed by atoms with van der Waals surface area (Å²) in [5.74, 6) is 2.58. The maximum atomic E-state index is 4.11. The van der Waals surface area contributed by atoms with E-state index < -0.39 is 0 Å². The number of aromatic nitrogens is 4. The zero-order chi connectivity index (χ0) is 14.5. The summed E-state index contributed by atoms with van der Waals surface area (Å²) in [6, 6.07) is 18.3. The summed E-state index contributed by atoms with van der Waals surface area (Å²) in [5, 5.41) is 12.0. The lowest BCUT2D eigenvalue weighted by Gasteiger charge is -2.04. The molecule has 21 heavy (non-hydrogen) atoms. The van der Waals surface area contributed by atoms with Gasteiger partial charge in [0.25, 0.3) is 0 Å². The van der Waals surface area contributed by atoms with E-state index in [1.54, 1.807) is 16.4 Å². The normalized spacial score (nSPS) is 10.7. The molecule has 0 aliphatic carbocycles. The number of thioether (sulfide) groups is 1. The highest BCUT2D eigenvalue weighted by atomic mass is 79.9. The third-order valence-electron chi connectivity index (χ3n) is 2.95. The molecule has 0 aliphatic heterocycles. The molecule has 1 heterocycles. The number of hydrogen-bond donors (Lipinski definition) is 0. The summed E-state index contributed by atoms with van der Waals surface area (Å²) in [4.78, 5) is 0. The molecule has 0 aliphatic rings. The first-order valence-corrected chi connectivity index (χ1v) is 8.42. The van der Waals surface area contributed by atoms with E-state index in [9.17, 15) is 0 Å². The minimum Gasteiger partial charge on any atom is -0.196 e. The summed E-state index contributed by atoms with van der Waals surface area (Å²) >= 11 is 5.24. The van der Waals surface area contributed by atoms with Crippen LogP contribution in [-0.4, -0.2) is 20.2 Å². The van der Waals surface area contributed by atoms with Crippen LogP contribution in [0.25, 0.3) is 5.69 Å². The Bertz CT molecular complexity index is 697. The summed E-state index contributed by atoms with van der Waals surface area (Å²) in [5.41, 5.74) is 2.28. The Hall–Kier alpha value is -1.66. The van der Waals surface area contributed by atoms with E-state index in [1.165, 1.54) is 5.56 Å². The monoisotopic (exact) mass is 360 g/mol. The second-order valence-electron chi connectivity index (χ2n) is 4.46. The van der Waals surface area contributed by atoms with Crippen LogP contribution in [0, 0.1) is 0 Å². The fourth-order valence-corrected chi connectivity index (χ4v) is 3.06. The van der Waals surface area contributed by atoms with E-state index in [0.717, 1.165) is 27.5 Å². The molecule has 6 heteroatoms. The lowest BCUT2D eigenvalue weighted by atomic mass is 10.2. The molecule has 3 aromatic rings. The van der Waals surface area contributed by atoms with Crippen LogP contribution >= 0.6 is 27.7 Å². The Balaban J connectivity index is 1.64. The number of halogens is 1. The van der Waals surface area contributed by atoms with E-state index in [1.807, 2.05) is 30.3 Å². The molecule has 1 aromatic heterocycles. The van der Waals surface area contributed by atoms with Crippen LogP contribution in [0.4, 0.5) is 0 Å². The van der Waals surface area contributed by atoms with Crippen LogP contribution in [0.1, 0.15) is 11.4 Å². The number of rotatable bonds is 5. The van der Waals surface area contributed by atoms with Crippen molar-refractivity contribution in [2.45, 2.75) is 11.5 Å². The minimum atomic E-state index is 0.776. The van der Waals surface area contributed by atoms with Gasteiger partial charge in [0.1, 0.15) is 0 Å². The van der Waals surface area contributed by atoms with Crippen LogP contribution < -0.4 is 0 Å². The van der Waals surface area contributed by atoms with Crippen LogP contribution in [0.5, 0.6) is 0 Å². The molecule has 0 atom stereocenters. The first-order chi connectivity index (χ1) is 10.3. The fraction of sp³-hybridized carbons (Fsp3) is 0.133. The molecule has 0 saturated carbocycles. The van der Waals surface area contributed by atoms with Crippen LogP contribution in [-0.2, 0) is 11.5 Å². The van der Waals surface area contributed by atoms with Gasteiger partial charge in [-0.3, -0.25) is 0 Å². The van der Waals surface area contributed by atoms with Crippen LogP contribution in [0.15, 0.2) is 59.1 Å². The first-order valence-electron chi connectivity index (χ1n) is 6.48. The zero-order valence-electron chi connectivity index (χ0n) is 11.2. The maximum Gasteiger partial charge on any atom is 0.166 e. The van der Waals surface area contributed by atoms with Crippen molar-refractivity contribution < 1.29 is 0 Å². The van der Waals surface area contributed by atoms with Gasteiger partial charge in [0, 0.05) is 10.2 Å². The minimum absolute atomic E-state index is 0.776. The highest BCUT2D eigenvalue weighted by Crippen LogP contribution is 2.19. The van der Waals surface area contributed by atoms with E-state index in [2.05, 4.69) is 55.7 Å². The SMILES string of the molecule is Brc1ccc(CSCc2nnnn2-c2ccccc2)cc1. The summed E-state index contributed by atoms with van der Waals surface area (Å²) in [7, 11) is 0. The van der Waals surface area contributed by atoms with Crippen molar-refractivity contribution in [1.82, 2.24) is 20.2 Å². The first kappa shape index (κ1) is 14.3. The highest BCUT2D eigenvalue weighted by molar-refractivity contribution is 9.10. The average Bonchev–Trinajstić information content (AvgIpc) is 2.99. The summed E-state index contributed by atoms with van der Waals surface area (Å²) in [6.07, 6.45) is 0. The van der Waals surface area contributed by atoms with E-state index >= 15 is 0 Å². The second kappa shape index (κ2) is 6.87. The molecule has 0 amide bonds. The molecule has 4 nitrogen and oxygen atoms in total. The molecule has 2 aromatic carbocycles. The molecule has 0 spiro atoms. The van der Waals surface area contributed by atoms with Crippen molar-refractivity contribution in [3.63, 3.8) is 0 Å². The van der Waals surface area contributed by atoms with Gasteiger partial charge in [0.15, 0.2) is 5.82 Å². The average molecular weight is 361 g/mol. The predicted octanol–water partition coefficient (Wildman–Crippen LogP) is 3.86. The van der Waals surface area contributed by atoms with Gasteiger partial charge < -0.3 is 0 Å². The number of nitrogens with zero attached hydrogens (tertiary/aromatic N) is 4. The largest absolute Gasteiger partial charge is 0.196 e. The van der Waals surface area contributed by atoms with Gasteiger partial charge in [-0.15, -0.1) is 16.9 Å². The van der Waals surface area contributed by atoms with Crippen LogP contribution in [0.2, 0.25) is 0 Å². The van der Waals surface area contributed by atoms with Gasteiger partial charge in [-0.25, -0.2) is 0 Å². The standard InChI is InChI=1S/C15H13BrN4S/c16-13-8-6-12(7-9-13)10-21-11-15-17-18-19-20(15)14-4-2-1-3-5-14/h1-9H,10-11H2. The number of tetrazole rings is 1. The van der Waals surface area contributed by atoms with Crippen molar-refractivity contribution in [3.05, 3.63) is 70.5 Å². The van der Waals surface area contributed by atoms with E-state index in [-0.39, 0.29) is 0 Å². The molecule has 0 fully saturated rings. The molecule has 0 unspecified atom stereocenters. The lowest BCUT2D eigenvalue weighted by Crippen LogP contribution is -2.01. The Morgan fingerprint density at radius 2 is 1.71 bits per heavy atom. The van der Waals surface area contributed by atoms with Gasteiger partial charge in [0.2, 0.25) is 0 Å². The van der Waals surface area contributed by atoms with Gasteiger partial charge >= 0.3 is 0 Å². The Morgan fingerprint density at radius 1 is 0.952 bits per heavy atom. The summed E-state index contributed by atoms with van der Waals surface area (Å²) < 4.78 is 2.89. The van der Waals surface area contributed by atoms with Crippen molar-refractivity contribution in [1.29, 1.82) is 0 Å². The molecular weight excluding hydrogens is 348 g/mol. The van der Waals surface area contributed by atoms with Gasteiger partial charge in [0.05, 0.1) is 11.4 Å². The number of benzene rings is 2. The molecule has 0 bridgehead atoms. The zero-order valence-corrected chi connectivity index (χ0v) is 13.6. The fourth-order valence-electron chi connectivity index (χ4n) is 1.91. The number of para-hydroxylation sites is 1. The molecule has 0 N–H and O–H groups in total. The Labute approximate surface area is 135 Å². The van der Waals surface area contributed by atoms with Crippen molar-refractivity contribution in [2.24, 2.45) is 0 Å². The van der Waals surface area contributed by atoms with Crippen molar-refractivity contribution in [2.75, 3.05) is 0 Å². The highest BCUT2D eigenvalue weighted by Gasteiger charge is 2.07. The molecule has 0 radical (unpaired) electrons. The predicted molar refractivity (Wildman–Crippen MR) is 88.3 cm³/mol. The molecular formula is C15H13BrN4S. The maximum absolute atomic E-state index is 4.11. The molecule has 106 valence electrons. The smallest absolute Gasteiger partial charge is 0.166 e. The third-order valence-corrected chi connectivity index (χ3v) is 4.48. The second-order valence-corrected chi connectivity index (χ2v) is 6.36. The molecule has 3 rings (SSSR count). The van der Waals surface area contributed by atoms with Gasteiger partial charge in [-0.05, 0) is 40.3 Å². The Kier molecular flexibility index (Phi) is 4.67.